The van der Waals surface area contributed by atoms with Gasteiger partial charge in [0, 0.05) is 12.5 Å². The molecule has 3 nitrogen and oxygen atoms in total. The molecule has 0 amide bonds. The monoisotopic (exact) mass is 181 g/mol. The predicted molar refractivity (Wildman–Crippen MR) is 52.8 cm³/mol. The molecule has 1 aliphatic rings. The van der Waals surface area contributed by atoms with Crippen molar-refractivity contribution >= 4 is 5.90 Å². The average Bonchev–Trinajstić information content (AvgIpc) is 2.89. The maximum Gasteiger partial charge on any atom is 0.184 e. The fraction of sp³-hybridized carbons (Fsp3) is 0.500. The van der Waals surface area contributed by atoms with E-state index in [9.17, 15) is 0 Å². The highest BCUT2D eigenvalue weighted by Gasteiger charge is 2.28. The molecule has 0 aliphatic carbocycles. The van der Waals surface area contributed by atoms with Gasteiger partial charge in [-0.3, -0.25) is 0 Å². The van der Waals surface area contributed by atoms with Crippen LogP contribution in [0.15, 0.2) is 28.9 Å². The Morgan fingerprint density at radius 1 is 1.69 bits per heavy atom. The SMILES string of the molecule is C=C(N=C(C)OC)/C(=C\C)C1CO1. The van der Waals surface area contributed by atoms with Gasteiger partial charge in [0.25, 0.3) is 0 Å². The summed E-state index contributed by atoms with van der Waals surface area (Å²) < 4.78 is 10.1. The Morgan fingerprint density at radius 2 is 2.31 bits per heavy atom. The van der Waals surface area contributed by atoms with Crippen molar-refractivity contribution in [3.05, 3.63) is 23.9 Å². The molecule has 1 unspecified atom stereocenters. The third kappa shape index (κ3) is 2.70. The first-order valence-corrected chi connectivity index (χ1v) is 4.25. The van der Waals surface area contributed by atoms with Crippen LogP contribution in [0.5, 0.6) is 0 Å². The molecule has 0 saturated carbocycles. The van der Waals surface area contributed by atoms with E-state index < -0.39 is 0 Å². The van der Waals surface area contributed by atoms with Gasteiger partial charge in [0.1, 0.15) is 6.10 Å². The first-order valence-electron chi connectivity index (χ1n) is 4.25. The number of ether oxygens (including phenoxy) is 2. The summed E-state index contributed by atoms with van der Waals surface area (Å²) in [6.45, 7) is 8.39. The maximum absolute atomic E-state index is 5.16. The van der Waals surface area contributed by atoms with E-state index in [0.717, 1.165) is 17.9 Å². The van der Waals surface area contributed by atoms with E-state index in [4.69, 9.17) is 9.47 Å². The van der Waals surface area contributed by atoms with E-state index in [0.29, 0.717) is 5.90 Å². The topological polar surface area (TPSA) is 34.1 Å². The highest BCUT2D eigenvalue weighted by atomic mass is 16.6. The molecule has 13 heavy (non-hydrogen) atoms. The number of allylic oxidation sites excluding steroid dienone is 1. The molecule has 1 heterocycles. The Bertz CT molecular complexity index is 262. The first kappa shape index (κ1) is 9.99. The van der Waals surface area contributed by atoms with Crippen LogP contribution in [0.1, 0.15) is 13.8 Å². The number of hydrogen-bond donors (Lipinski definition) is 0. The van der Waals surface area contributed by atoms with E-state index in [-0.39, 0.29) is 6.10 Å². The minimum Gasteiger partial charge on any atom is -0.484 e. The van der Waals surface area contributed by atoms with E-state index in [2.05, 4.69) is 11.6 Å². The van der Waals surface area contributed by atoms with Crippen molar-refractivity contribution in [1.82, 2.24) is 0 Å². The molecule has 0 aromatic carbocycles. The number of aliphatic imine (C=N–C) groups is 1. The van der Waals surface area contributed by atoms with Gasteiger partial charge in [0.2, 0.25) is 0 Å². The number of rotatable bonds is 3. The minimum absolute atomic E-state index is 0.200. The Labute approximate surface area is 78.8 Å². The number of epoxide rings is 1. The van der Waals surface area contributed by atoms with Crippen LogP contribution in [-0.2, 0) is 9.47 Å². The minimum atomic E-state index is 0.200. The third-order valence-electron chi connectivity index (χ3n) is 1.91. The first-order chi connectivity index (χ1) is 6.19. The molecule has 72 valence electrons. The summed E-state index contributed by atoms with van der Waals surface area (Å²) in [4.78, 5) is 4.18. The molecule has 1 saturated heterocycles. The van der Waals surface area contributed by atoms with Gasteiger partial charge in [-0.15, -0.1) is 0 Å². The van der Waals surface area contributed by atoms with Gasteiger partial charge in [-0.1, -0.05) is 12.7 Å². The van der Waals surface area contributed by atoms with Gasteiger partial charge in [0.15, 0.2) is 5.90 Å². The van der Waals surface area contributed by atoms with E-state index in [1.165, 1.54) is 0 Å². The van der Waals surface area contributed by atoms with Gasteiger partial charge < -0.3 is 9.47 Å². The second-order valence-electron chi connectivity index (χ2n) is 2.85. The van der Waals surface area contributed by atoms with Crippen molar-refractivity contribution in [3.63, 3.8) is 0 Å². The second-order valence-corrected chi connectivity index (χ2v) is 2.85. The zero-order chi connectivity index (χ0) is 9.84. The molecule has 1 aliphatic heterocycles. The lowest BCUT2D eigenvalue weighted by atomic mass is 10.1. The standard InChI is InChI=1S/C10H15NO2/c1-5-9(10-6-13-10)7(2)11-8(3)12-4/h5,10H,2,6H2,1,3-4H3/b9-5+,11-8?. The lowest BCUT2D eigenvalue weighted by Crippen LogP contribution is -1.99. The van der Waals surface area contributed by atoms with Crippen LogP contribution >= 0.6 is 0 Å². The lowest BCUT2D eigenvalue weighted by molar-refractivity contribution is 0.399. The Kier molecular flexibility index (Phi) is 3.25. The highest BCUT2D eigenvalue weighted by molar-refractivity contribution is 5.74. The predicted octanol–water partition coefficient (Wildman–Crippen LogP) is 1.91. The van der Waals surface area contributed by atoms with Gasteiger partial charge >= 0.3 is 0 Å². The second kappa shape index (κ2) is 4.23. The van der Waals surface area contributed by atoms with E-state index in [1.807, 2.05) is 13.0 Å². The van der Waals surface area contributed by atoms with Crippen molar-refractivity contribution in [2.75, 3.05) is 13.7 Å². The molecule has 0 radical (unpaired) electrons. The quantitative estimate of drug-likeness (QED) is 0.288. The summed E-state index contributed by atoms with van der Waals surface area (Å²) in [5, 5.41) is 0. The fourth-order valence-electron chi connectivity index (χ4n) is 1.07. The maximum atomic E-state index is 5.16. The molecule has 0 spiro atoms. The molecule has 0 aromatic rings. The normalized spacial score (nSPS) is 22.8. The van der Waals surface area contributed by atoms with Crippen LogP contribution in [0.4, 0.5) is 0 Å². The Morgan fingerprint density at radius 3 is 2.69 bits per heavy atom. The molecular formula is C10H15NO2. The van der Waals surface area contributed by atoms with E-state index in [1.54, 1.807) is 14.0 Å². The van der Waals surface area contributed by atoms with Gasteiger partial charge in [-0.2, -0.15) is 0 Å². The Balaban J connectivity index is 2.65. The van der Waals surface area contributed by atoms with E-state index >= 15 is 0 Å². The van der Waals surface area contributed by atoms with Crippen molar-refractivity contribution in [3.8, 4) is 0 Å². The molecule has 0 bridgehead atoms. The zero-order valence-corrected chi connectivity index (χ0v) is 8.33. The smallest absolute Gasteiger partial charge is 0.184 e. The van der Waals surface area contributed by atoms with Crippen molar-refractivity contribution in [2.45, 2.75) is 20.0 Å². The molecule has 1 rings (SSSR count). The van der Waals surface area contributed by atoms with Crippen molar-refractivity contribution in [2.24, 2.45) is 4.99 Å². The zero-order valence-electron chi connectivity index (χ0n) is 8.33. The van der Waals surface area contributed by atoms with Gasteiger partial charge in [0.05, 0.1) is 19.4 Å². The molecule has 3 heteroatoms. The fourth-order valence-corrected chi connectivity index (χ4v) is 1.07. The van der Waals surface area contributed by atoms with Crippen LogP contribution < -0.4 is 0 Å². The summed E-state index contributed by atoms with van der Waals surface area (Å²) in [6.07, 6.45) is 2.18. The average molecular weight is 181 g/mol. The molecule has 0 aromatic heterocycles. The van der Waals surface area contributed by atoms with Gasteiger partial charge in [-0.25, -0.2) is 4.99 Å². The van der Waals surface area contributed by atoms with Crippen molar-refractivity contribution in [1.29, 1.82) is 0 Å². The number of methoxy groups -OCH3 is 1. The lowest BCUT2D eigenvalue weighted by Gasteiger charge is -2.03. The summed E-state index contributed by atoms with van der Waals surface area (Å²) in [5.41, 5.74) is 1.78. The summed E-state index contributed by atoms with van der Waals surface area (Å²) >= 11 is 0. The van der Waals surface area contributed by atoms with Crippen molar-refractivity contribution < 1.29 is 9.47 Å². The molecule has 1 fully saturated rings. The molecular weight excluding hydrogens is 166 g/mol. The summed E-state index contributed by atoms with van der Waals surface area (Å²) in [6, 6.07) is 0. The summed E-state index contributed by atoms with van der Waals surface area (Å²) in [5.74, 6) is 0.616. The Hall–Kier alpha value is -1.09. The number of hydrogen-bond acceptors (Lipinski definition) is 3. The largest absolute Gasteiger partial charge is 0.484 e. The van der Waals surface area contributed by atoms with Gasteiger partial charge in [-0.05, 0) is 6.92 Å². The van der Waals surface area contributed by atoms with Crippen LogP contribution in [0.25, 0.3) is 0 Å². The van der Waals surface area contributed by atoms with Crippen LogP contribution in [0.2, 0.25) is 0 Å². The summed E-state index contributed by atoms with van der Waals surface area (Å²) in [7, 11) is 1.59. The molecule has 0 N–H and O–H groups in total. The third-order valence-corrected chi connectivity index (χ3v) is 1.91. The number of nitrogens with zero attached hydrogens (tertiary/aromatic N) is 1. The highest BCUT2D eigenvalue weighted by Crippen LogP contribution is 2.25. The van der Waals surface area contributed by atoms with Crippen LogP contribution in [0, 0.1) is 0 Å². The van der Waals surface area contributed by atoms with Crippen LogP contribution in [-0.4, -0.2) is 25.7 Å². The van der Waals surface area contributed by atoms with Crippen LogP contribution in [0.3, 0.4) is 0 Å². The molecule has 1 atom stereocenters.